The molecule has 0 saturated carbocycles. The molecule has 2 heterocycles. The van der Waals surface area contributed by atoms with E-state index in [0.717, 1.165) is 0 Å². The van der Waals surface area contributed by atoms with Crippen LogP contribution in [0.25, 0.3) is 0 Å². The van der Waals surface area contributed by atoms with Gasteiger partial charge >= 0.3 is 0 Å². The fourth-order valence-corrected chi connectivity index (χ4v) is 2.92. The quantitative estimate of drug-likeness (QED) is 0.876. The summed E-state index contributed by atoms with van der Waals surface area (Å²) in [7, 11) is -3.48. The van der Waals surface area contributed by atoms with Crippen molar-refractivity contribution in [2.75, 3.05) is 0 Å². The zero-order valence-electron chi connectivity index (χ0n) is 8.54. The molecule has 8 heteroatoms. The van der Waals surface area contributed by atoms with Gasteiger partial charge in [-0.15, -0.1) is 16.4 Å². The van der Waals surface area contributed by atoms with Crippen molar-refractivity contribution < 1.29 is 8.42 Å². The molecule has 0 fully saturated rings. The van der Waals surface area contributed by atoms with Gasteiger partial charge in [0.2, 0.25) is 9.84 Å². The van der Waals surface area contributed by atoms with Gasteiger partial charge in [-0.3, -0.25) is 5.10 Å². The summed E-state index contributed by atoms with van der Waals surface area (Å²) in [6.45, 7) is 1.87. The number of nitrogens with zero attached hydrogens (tertiary/aromatic N) is 3. The Morgan fingerprint density at radius 3 is 2.88 bits per heavy atom. The van der Waals surface area contributed by atoms with E-state index in [1.54, 1.807) is 10.9 Å². The molecule has 0 radical (unpaired) electrons. The van der Waals surface area contributed by atoms with Gasteiger partial charge < -0.3 is 0 Å². The lowest BCUT2D eigenvalue weighted by Crippen LogP contribution is -2.07. The average Bonchev–Trinajstić information content (AvgIpc) is 2.85. The van der Waals surface area contributed by atoms with Gasteiger partial charge in [0, 0.05) is 11.8 Å². The van der Waals surface area contributed by atoms with Crippen LogP contribution in [0.2, 0.25) is 0 Å². The molecule has 0 unspecified atom stereocenters. The van der Waals surface area contributed by atoms with Crippen molar-refractivity contribution in [3.8, 4) is 0 Å². The second-order valence-corrected chi connectivity index (χ2v) is 5.76. The van der Waals surface area contributed by atoms with Gasteiger partial charge in [0.15, 0.2) is 0 Å². The van der Waals surface area contributed by atoms with E-state index < -0.39 is 9.84 Å². The maximum atomic E-state index is 11.8. The Kier molecular flexibility index (Phi) is 3.01. The monoisotopic (exact) mass is 258 g/mol. The van der Waals surface area contributed by atoms with Crippen molar-refractivity contribution in [1.82, 2.24) is 20.2 Å². The summed E-state index contributed by atoms with van der Waals surface area (Å²) in [5.41, 5.74) is 2.12. The Hall–Kier alpha value is -1.28. The maximum absolute atomic E-state index is 11.8. The summed E-state index contributed by atoms with van der Waals surface area (Å²) in [6, 6.07) is 0. The number of aryl methyl sites for hydroxylation is 1. The zero-order valence-corrected chi connectivity index (χ0v) is 10.2. The van der Waals surface area contributed by atoms with Gasteiger partial charge in [-0.05, 0) is 0 Å². The number of aromatic nitrogens is 4. The number of thiazole rings is 1. The second-order valence-electron chi connectivity index (χ2n) is 3.16. The Labute approximate surface area is 96.7 Å². The van der Waals surface area contributed by atoms with Gasteiger partial charge in [0.05, 0.1) is 11.2 Å². The van der Waals surface area contributed by atoms with Crippen molar-refractivity contribution in [2.45, 2.75) is 24.3 Å². The van der Waals surface area contributed by atoms with Crippen molar-refractivity contribution in [3.63, 3.8) is 0 Å². The maximum Gasteiger partial charge on any atom is 0.267 e. The summed E-state index contributed by atoms with van der Waals surface area (Å²) in [6.07, 6.45) is 0.624. The standard InChI is InChI=1S/C8H10N4O2S2/c1-2-7-10-8(12-11-7)16(13,14)4-6-3-15-5-9-6/h3,5H,2,4H2,1H3,(H,10,11,12). The van der Waals surface area contributed by atoms with Crippen LogP contribution in [0.4, 0.5) is 0 Å². The van der Waals surface area contributed by atoms with Gasteiger partial charge in [0.1, 0.15) is 11.6 Å². The van der Waals surface area contributed by atoms with E-state index in [1.807, 2.05) is 6.92 Å². The average molecular weight is 258 g/mol. The first-order chi connectivity index (χ1) is 7.62. The topological polar surface area (TPSA) is 88.6 Å². The fourth-order valence-electron chi connectivity index (χ4n) is 1.14. The lowest BCUT2D eigenvalue weighted by atomic mass is 10.5. The van der Waals surface area contributed by atoms with E-state index in [4.69, 9.17) is 0 Å². The third-order valence-corrected chi connectivity index (χ3v) is 4.00. The molecule has 0 atom stereocenters. The summed E-state index contributed by atoms with van der Waals surface area (Å²) >= 11 is 1.36. The van der Waals surface area contributed by atoms with Crippen LogP contribution in [0.3, 0.4) is 0 Å². The molecule has 1 N–H and O–H groups in total. The molecule has 2 aromatic heterocycles. The molecule has 6 nitrogen and oxygen atoms in total. The normalized spacial score (nSPS) is 11.8. The Balaban J connectivity index is 2.25. The van der Waals surface area contributed by atoms with Crippen LogP contribution >= 0.6 is 11.3 Å². The Morgan fingerprint density at radius 1 is 1.50 bits per heavy atom. The molecule has 0 aliphatic rings. The van der Waals surface area contributed by atoms with Crippen LogP contribution < -0.4 is 0 Å². The molecule has 0 saturated heterocycles. The van der Waals surface area contributed by atoms with Crippen molar-refractivity contribution in [3.05, 3.63) is 22.4 Å². The van der Waals surface area contributed by atoms with E-state index >= 15 is 0 Å². The second kappa shape index (κ2) is 4.30. The van der Waals surface area contributed by atoms with Gasteiger partial charge in [0.25, 0.3) is 5.16 Å². The highest BCUT2D eigenvalue weighted by molar-refractivity contribution is 7.90. The third kappa shape index (κ3) is 2.27. The first-order valence-electron chi connectivity index (χ1n) is 4.63. The van der Waals surface area contributed by atoms with E-state index in [1.165, 1.54) is 11.3 Å². The lowest BCUT2D eigenvalue weighted by Gasteiger charge is -1.95. The number of aromatic amines is 1. The lowest BCUT2D eigenvalue weighted by molar-refractivity contribution is 0.586. The highest BCUT2D eigenvalue weighted by Crippen LogP contribution is 2.12. The highest BCUT2D eigenvalue weighted by atomic mass is 32.2. The van der Waals surface area contributed by atoms with Gasteiger partial charge in [-0.1, -0.05) is 6.92 Å². The largest absolute Gasteiger partial charge is 0.267 e. The third-order valence-electron chi connectivity index (χ3n) is 1.95. The summed E-state index contributed by atoms with van der Waals surface area (Å²) in [5.74, 6) is 0.411. The number of rotatable bonds is 4. The summed E-state index contributed by atoms with van der Waals surface area (Å²) < 4.78 is 23.7. The van der Waals surface area contributed by atoms with E-state index in [-0.39, 0.29) is 10.9 Å². The molecule has 0 amide bonds. The number of hydrogen-bond acceptors (Lipinski definition) is 6. The van der Waals surface area contributed by atoms with Crippen LogP contribution in [0.15, 0.2) is 16.0 Å². The molecular weight excluding hydrogens is 248 g/mol. The number of H-pyrrole nitrogens is 1. The van der Waals surface area contributed by atoms with E-state index in [0.29, 0.717) is 17.9 Å². The van der Waals surface area contributed by atoms with Crippen LogP contribution in [0.5, 0.6) is 0 Å². The SMILES string of the molecule is CCc1nc(S(=O)(=O)Cc2cscn2)n[nH]1. The van der Waals surface area contributed by atoms with E-state index in [2.05, 4.69) is 20.2 Å². The first kappa shape index (κ1) is 11.2. The predicted octanol–water partition coefficient (Wildman–Crippen LogP) is 0.797. The molecule has 0 aliphatic heterocycles. The number of hydrogen-bond donors (Lipinski definition) is 1. The van der Waals surface area contributed by atoms with Crippen molar-refractivity contribution in [1.29, 1.82) is 0 Å². The molecule has 0 aromatic carbocycles. The van der Waals surface area contributed by atoms with Crippen LogP contribution in [-0.2, 0) is 22.0 Å². The first-order valence-corrected chi connectivity index (χ1v) is 7.22. The molecule has 16 heavy (non-hydrogen) atoms. The Bertz CT molecular complexity index is 559. The molecule has 2 rings (SSSR count). The highest BCUT2D eigenvalue weighted by Gasteiger charge is 2.21. The van der Waals surface area contributed by atoms with Crippen molar-refractivity contribution in [2.24, 2.45) is 0 Å². The molecule has 2 aromatic rings. The fraction of sp³-hybridized carbons (Fsp3) is 0.375. The van der Waals surface area contributed by atoms with Crippen LogP contribution in [0.1, 0.15) is 18.4 Å². The number of nitrogens with one attached hydrogen (secondary N) is 1. The van der Waals surface area contributed by atoms with Gasteiger partial charge in [-0.2, -0.15) is 0 Å². The molecular formula is C8H10N4O2S2. The Morgan fingerprint density at radius 2 is 2.31 bits per heavy atom. The molecule has 0 spiro atoms. The smallest absolute Gasteiger partial charge is 0.262 e. The minimum Gasteiger partial charge on any atom is -0.262 e. The van der Waals surface area contributed by atoms with Gasteiger partial charge in [-0.25, -0.2) is 18.4 Å². The van der Waals surface area contributed by atoms with Crippen LogP contribution in [-0.4, -0.2) is 28.6 Å². The molecule has 0 aliphatic carbocycles. The van der Waals surface area contributed by atoms with Crippen molar-refractivity contribution >= 4 is 21.2 Å². The summed E-state index contributed by atoms with van der Waals surface area (Å²) in [4.78, 5) is 7.83. The van der Waals surface area contributed by atoms with Crippen LogP contribution in [0, 0.1) is 0 Å². The zero-order chi connectivity index (χ0) is 11.6. The van der Waals surface area contributed by atoms with E-state index in [9.17, 15) is 8.42 Å². The predicted molar refractivity (Wildman–Crippen MR) is 58.8 cm³/mol. The molecule has 0 bridgehead atoms. The molecule has 86 valence electrons. The number of sulfone groups is 1. The summed E-state index contributed by atoms with van der Waals surface area (Å²) in [5, 5.41) is 7.82. The minimum absolute atomic E-state index is 0.155. The minimum atomic E-state index is -3.48.